The van der Waals surface area contributed by atoms with E-state index in [1.165, 1.54) is 17.8 Å². The summed E-state index contributed by atoms with van der Waals surface area (Å²) in [5.41, 5.74) is 0. The fourth-order valence-electron chi connectivity index (χ4n) is 1.16. The molecule has 2 rings (SSSR count). The molecule has 0 unspecified atom stereocenters. The monoisotopic (exact) mass is 313 g/mol. The molecule has 1 N–H and O–H groups in total. The summed E-state index contributed by atoms with van der Waals surface area (Å²) in [6, 6.07) is 6.90. The Morgan fingerprint density at radius 3 is 2.82 bits per heavy atom. The topological polar surface area (TPSA) is 63.3 Å². The van der Waals surface area contributed by atoms with E-state index in [0.29, 0.717) is 11.5 Å². The summed E-state index contributed by atoms with van der Waals surface area (Å²) in [5.74, 6) is 0.0894. The SMILES string of the molecule is O=C(O)c1ccc(CSc2ccc(Br)cn2)o1. The number of rotatable bonds is 4. The van der Waals surface area contributed by atoms with E-state index in [1.54, 1.807) is 12.3 Å². The maximum Gasteiger partial charge on any atom is 0.371 e. The van der Waals surface area contributed by atoms with E-state index in [1.807, 2.05) is 12.1 Å². The molecule has 17 heavy (non-hydrogen) atoms. The lowest BCUT2D eigenvalue weighted by atomic mass is 10.4. The molecule has 0 atom stereocenters. The van der Waals surface area contributed by atoms with Crippen molar-refractivity contribution in [2.24, 2.45) is 0 Å². The van der Waals surface area contributed by atoms with E-state index in [-0.39, 0.29) is 5.76 Å². The van der Waals surface area contributed by atoms with Crippen LogP contribution in [0.3, 0.4) is 0 Å². The van der Waals surface area contributed by atoms with E-state index >= 15 is 0 Å². The number of hydrogen-bond donors (Lipinski definition) is 1. The lowest BCUT2D eigenvalue weighted by Crippen LogP contribution is -1.91. The fourth-order valence-corrected chi connectivity index (χ4v) is 2.13. The zero-order chi connectivity index (χ0) is 12.3. The van der Waals surface area contributed by atoms with Gasteiger partial charge in [-0.2, -0.15) is 0 Å². The van der Waals surface area contributed by atoms with Crippen molar-refractivity contribution in [2.75, 3.05) is 0 Å². The standard InChI is InChI=1S/C11H8BrNO3S/c12-7-1-4-10(13-5-7)17-6-8-2-3-9(16-8)11(14)15/h1-5H,6H2,(H,14,15). The number of hydrogen-bond acceptors (Lipinski definition) is 4. The van der Waals surface area contributed by atoms with Crippen molar-refractivity contribution >= 4 is 33.7 Å². The molecule has 0 fully saturated rings. The molecule has 0 aliphatic heterocycles. The maximum absolute atomic E-state index is 10.6. The third-order valence-electron chi connectivity index (χ3n) is 1.93. The molecule has 2 aromatic rings. The fraction of sp³-hybridized carbons (Fsp3) is 0.0909. The predicted octanol–water partition coefficient (Wildman–Crippen LogP) is 3.43. The van der Waals surface area contributed by atoms with E-state index in [0.717, 1.165) is 9.50 Å². The highest BCUT2D eigenvalue weighted by Gasteiger charge is 2.09. The van der Waals surface area contributed by atoms with Crippen LogP contribution in [-0.4, -0.2) is 16.1 Å². The lowest BCUT2D eigenvalue weighted by molar-refractivity contribution is 0.0661. The van der Waals surface area contributed by atoms with Gasteiger partial charge in [-0.05, 0) is 40.2 Å². The third-order valence-corrected chi connectivity index (χ3v) is 3.37. The second kappa shape index (κ2) is 5.37. The number of carboxylic acid groups (broad SMARTS) is 1. The van der Waals surface area contributed by atoms with Crippen LogP contribution in [0.1, 0.15) is 16.3 Å². The number of carbonyl (C=O) groups is 1. The van der Waals surface area contributed by atoms with Gasteiger partial charge in [0.25, 0.3) is 0 Å². The summed E-state index contributed by atoms with van der Waals surface area (Å²) in [6.45, 7) is 0. The van der Waals surface area contributed by atoms with E-state index in [2.05, 4.69) is 20.9 Å². The Hall–Kier alpha value is -1.27. The van der Waals surface area contributed by atoms with Crippen molar-refractivity contribution in [1.29, 1.82) is 0 Å². The van der Waals surface area contributed by atoms with Gasteiger partial charge in [0.1, 0.15) is 5.76 Å². The van der Waals surface area contributed by atoms with Crippen molar-refractivity contribution in [1.82, 2.24) is 4.98 Å². The van der Waals surface area contributed by atoms with Crippen LogP contribution in [0.4, 0.5) is 0 Å². The first kappa shape index (κ1) is 12.2. The molecular weight excluding hydrogens is 306 g/mol. The highest BCUT2D eigenvalue weighted by atomic mass is 79.9. The highest BCUT2D eigenvalue weighted by Crippen LogP contribution is 2.23. The van der Waals surface area contributed by atoms with Gasteiger partial charge in [-0.15, -0.1) is 0 Å². The Morgan fingerprint density at radius 1 is 1.41 bits per heavy atom. The Balaban J connectivity index is 1.97. The minimum Gasteiger partial charge on any atom is -0.475 e. The minimum atomic E-state index is -1.05. The zero-order valence-electron chi connectivity index (χ0n) is 8.59. The van der Waals surface area contributed by atoms with Crippen LogP contribution in [0.25, 0.3) is 0 Å². The van der Waals surface area contributed by atoms with Crippen molar-refractivity contribution in [3.8, 4) is 0 Å². The lowest BCUT2D eigenvalue weighted by Gasteiger charge is -1.98. The Kier molecular flexibility index (Phi) is 3.86. The van der Waals surface area contributed by atoms with Gasteiger partial charge in [0.15, 0.2) is 0 Å². The smallest absolute Gasteiger partial charge is 0.371 e. The summed E-state index contributed by atoms with van der Waals surface area (Å²) >= 11 is 4.79. The van der Waals surface area contributed by atoms with Crippen LogP contribution >= 0.6 is 27.7 Å². The molecule has 0 aliphatic rings. The molecule has 4 nitrogen and oxygen atoms in total. The first-order chi connectivity index (χ1) is 8.15. The molecule has 0 saturated heterocycles. The predicted molar refractivity (Wildman–Crippen MR) is 67.2 cm³/mol. The van der Waals surface area contributed by atoms with Gasteiger partial charge in [0.05, 0.1) is 10.8 Å². The van der Waals surface area contributed by atoms with Crippen LogP contribution in [0, 0.1) is 0 Å². The number of thioether (sulfide) groups is 1. The molecule has 0 radical (unpaired) electrons. The number of aromatic carboxylic acids is 1. The number of carboxylic acids is 1. The van der Waals surface area contributed by atoms with Gasteiger partial charge >= 0.3 is 5.97 Å². The minimum absolute atomic E-state index is 0.0376. The Morgan fingerprint density at radius 2 is 2.24 bits per heavy atom. The van der Waals surface area contributed by atoms with Gasteiger partial charge in [-0.3, -0.25) is 0 Å². The van der Waals surface area contributed by atoms with E-state index < -0.39 is 5.97 Å². The highest BCUT2D eigenvalue weighted by molar-refractivity contribution is 9.10. The van der Waals surface area contributed by atoms with Gasteiger partial charge < -0.3 is 9.52 Å². The summed E-state index contributed by atoms with van der Waals surface area (Å²) < 4.78 is 6.06. The molecule has 0 saturated carbocycles. The number of aromatic nitrogens is 1. The molecule has 0 bridgehead atoms. The molecule has 0 aromatic carbocycles. The second-order valence-electron chi connectivity index (χ2n) is 3.17. The van der Waals surface area contributed by atoms with Crippen LogP contribution in [-0.2, 0) is 5.75 Å². The zero-order valence-corrected chi connectivity index (χ0v) is 11.0. The molecule has 0 aliphatic carbocycles. The maximum atomic E-state index is 10.6. The quantitative estimate of drug-likeness (QED) is 0.876. The van der Waals surface area contributed by atoms with Gasteiger partial charge in [0, 0.05) is 10.7 Å². The number of furan rings is 1. The van der Waals surface area contributed by atoms with Gasteiger partial charge in [-0.1, -0.05) is 11.8 Å². The first-order valence-electron chi connectivity index (χ1n) is 4.71. The average Bonchev–Trinajstić information content (AvgIpc) is 2.77. The average molecular weight is 314 g/mol. The van der Waals surface area contributed by atoms with Gasteiger partial charge in [0.2, 0.25) is 5.76 Å². The molecule has 2 aromatic heterocycles. The Labute approximate surface area is 110 Å². The summed E-state index contributed by atoms with van der Waals surface area (Å²) in [5, 5.41) is 9.56. The van der Waals surface area contributed by atoms with Crippen LogP contribution < -0.4 is 0 Å². The molecule has 0 spiro atoms. The largest absolute Gasteiger partial charge is 0.475 e. The molecule has 2 heterocycles. The summed E-state index contributed by atoms with van der Waals surface area (Å²) in [7, 11) is 0. The van der Waals surface area contributed by atoms with Crippen LogP contribution in [0.15, 0.2) is 44.4 Å². The van der Waals surface area contributed by atoms with Gasteiger partial charge in [-0.25, -0.2) is 9.78 Å². The van der Waals surface area contributed by atoms with Crippen molar-refractivity contribution in [3.63, 3.8) is 0 Å². The number of halogens is 1. The molecule has 6 heteroatoms. The van der Waals surface area contributed by atoms with E-state index in [9.17, 15) is 4.79 Å². The molecule has 88 valence electrons. The summed E-state index contributed by atoms with van der Waals surface area (Å²) in [6.07, 6.45) is 1.72. The Bertz CT molecular complexity index is 524. The van der Waals surface area contributed by atoms with Crippen molar-refractivity contribution < 1.29 is 14.3 Å². The summed E-state index contributed by atoms with van der Waals surface area (Å²) in [4.78, 5) is 14.8. The van der Waals surface area contributed by atoms with Crippen molar-refractivity contribution in [2.45, 2.75) is 10.8 Å². The van der Waals surface area contributed by atoms with E-state index in [4.69, 9.17) is 9.52 Å². The van der Waals surface area contributed by atoms with Crippen LogP contribution in [0.5, 0.6) is 0 Å². The number of nitrogens with zero attached hydrogens (tertiary/aromatic N) is 1. The normalized spacial score (nSPS) is 10.4. The van der Waals surface area contributed by atoms with Crippen LogP contribution in [0.2, 0.25) is 0 Å². The number of pyridine rings is 1. The molecular formula is C11H8BrNO3S. The first-order valence-corrected chi connectivity index (χ1v) is 6.49. The third kappa shape index (κ3) is 3.34. The van der Waals surface area contributed by atoms with Crippen molar-refractivity contribution in [3.05, 3.63) is 46.5 Å². The molecule has 0 amide bonds. The second-order valence-corrected chi connectivity index (χ2v) is 5.09.